The van der Waals surface area contributed by atoms with Gasteiger partial charge in [-0.2, -0.15) is 0 Å². The van der Waals surface area contributed by atoms with Crippen molar-refractivity contribution in [1.82, 2.24) is 15.6 Å². The van der Waals surface area contributed by atoms with Gasteiger partial charge in [-0.05, 0) is 56.2 Å². The second-order valence-corrected chi connectivity index (χ2v) is 7.82. The summed E-state index contributed by atoms with van der Waals surface area (Å²) in [6.45, 7) is 0.545. The zero-order valence-corrected chi connectivity index (χ0v) is 15.6. The molecular formula is C21H31N3O2. The summed E-state index contributed by atoms with van der Waals surface area (Å²) >= 11 is 0. The van der Waals surface area contributed by atoms with Crippen LogP contribution in [-0.4, -0.2) is 22.8 Å². The maximum absolute atomic E-state index is 12.5. The van der Waals surface area contributed by atoms with Crippen molar-refractivity contribution in [2.75, 3.05) is 0 Å². The molecule has 5 nitrogen and oxygen atoms in total. The summed E-state index contributed by atoms with van der Waals surface area (Å²) in [6, 6.07) is 4.19. The molecule has 0 radical (unpaired) electrons. The average molecular weight is 357 g/mol. The molecule has 2 saturated carbocycles. The first-order chi connectivity index (χ1) is 12.7. The molecule has 2 N–H and O–H groups in total. The highest BCUT2D eigenvalue weighted by Gasteiger charge is 2.30. The monoisotopic (exact) mass is 357 g/mol. The molecule has 0 spiro atoms. The SMILES string of the molecule is O=C(NCc1ccncc1)C1CCC(C(=O)NC2CCCCCC2)CC1. The summed E-state index contributed by atoms with van der Waals surface area (Å²) in [5.74, 6) is 0.457. The van der Waals surface area contributed by atoms with Crippen LogP contribution in [0.4, 0.5) is 0 Å². The Labute approximate surface area is 156 Å². The lowest BCUT2D eigenvalue weighted by molar-refractivity contribution is -0.131. The molecule has 2 aliphatic carbocycles. The van der Waals surface area contributed by atoms with E-state index in [1.165, 1.54) is 25.7 Å². The largest absolute Gasteiger partial charge is 0.353 e. The third kappa shape index (κ3) is 5.55. The van der Waals surface area contributed by atoms with Crippen molar-refractivity contribution in [1.29, 1.82) is 0 Å². The number of aromatic nitrogens is 1. The summed E-state index contributed by atoms with van der Waals surface area (Å²) in [7, 11) is 0. The van der Waals surface area contributed by atoms with E-state index in [2.05, 4.69) is 15.6 Å². The zero-order valence-electron chi connectivity index (χ0n) is 15.6. The van der Waals surface area contributed by atoms with Crippen LogP contribution in [0.1, 0.15) is 69.8 Å². The number of rotatable bonds is 5. The number of pyridine rings is 1. The Morgan fingerprint density at radius 3 is 2.04 bits per heavy atom. The average Bonchev–Trinajstić information content (AvgIpc) is 2.95. The van der Waals surface area contributed by atoms with E-state index in [9.17, 15) is 9.59 Å². The van der Waals surface area contributed by atoms with Crippen molar-refractivity contribution in [3.05, 3.63) is 30.1 Å². The Kier molecular flexibility index (Phi) is 7.04. The first kappa shape index (κ1) is 18.9. The second-order valence-electron chi connectivity index (χ2n) is 7.82. The number of hydrogen-bond donors (Lipinski definition) is 2. The Bertz CT molecular complexity index is 574. The fraction of sp³-hybridized carbons (Fsp3) is 0.667. The van der Waals surface area contributed by atoms with Crippen LogP contribution in [0.5, 0.6) is 0 Å². The number of amides is 2. The molecule has 26 heavy (non-hydrogen) atoms. The van der Waals surface area contributed by atoms with Crippen molar-refractivity contribution in [3.8, 4) is 0 Å². The Balaban J connectivity index is 1.39. The Morgan fingerprint density at radius 1 is 0.846 bits per heavy atom. The Morgan fingerprint density at radius 2 is 1.42 bits per heavy atom. The summed E-state index contributed by atoms with van der Waals surface area (Å²) in [5, 5.41) is 6.29. The Hall–Kier alpha value is -1.91. The number of nitrogens with zero attached hydrogens (tertiary/aromatic N) is 1. The van der Waals surface area contributed by atoms with E-state index in [-0.39, 0.29) is 23.7 Å². The fourth-order valence-corrected chi connectivity index (χ4v) is 4.19. The summed E-state index contributed by atoms with van der Waals surface area (Å²) in [4.78, 5) is 28.9. The molecule has 2 fully saturated rings. The molecule has 5 heteroatoms. The fourth-order valence-electron chi connectivity index (χ4n) is 4.19. The molecule has 2 aliphatic rings. The first-order valence-corrected chi connectivity index (χ1v) is 10.2. The molecule has 2 amide bonds. The van der Waals surface area contributed by atoms with Gasteiger partial charge in [-0.1, -0.05) is 25.7 Å². The summed E-state index contributed by atoms with van der Waals surface area (Å²) in [6.07, 6.45) is 14.0. The normalized spacial score (nSPS) is 24.5. The van der Waals surface area contributed by atoms with Gasteiger partial charge in [-0.25, -0.2) is 0 Å². The van der Waals surface area contributed by atoms with Gasteiger partial charge in [0.2, 0.25) is 11.8 Å². The summed E-state index contributed by atoms with van der Waals surface area (Å²) < 4.78 is 0. The van der Waals surface area contributed by atoms with Crippen molar-refractivity contribution < 1.29 is 9.59 Å². The van der Waals surface area contributed by atoms with Gasteiger partial charge in [0.25, 0.3) is 0 Å². The van der Waals surface area contributed by atoms with E-state index in [1.54, 1.807) is 12.4 Å². The van der Waals surface area contributed by atoms with E-state index in [0.717, 1.165) is 44.1 Å². The lowest BCUT2D eigenvalue weighted by atomic mass is 9.81. The highest BCUT2D eigenvalue weighted by molar-refractivity contribution is 5.81. The van der Waals surface area contributed by atoms with Crippen LogP contribution in [0.25, 0.3) is 0 Å². The van der Waals surface area contributed by atoms with Gasteiger partial charge in [0.05, 0.1) is 0 Å². The van der Waals surface area contributed by atoms with Crippen molar-refractivity contribution in [2.45, 2.75) is 76.8 Å². The third-order valence-corrected chi connectivity index (χ3v) is 5.89. The molecule has 0 unspecified atom stereocenters. The first-order valence-electron chi connectivity index (χ1n) is 10.2. The highest BCUT2D eigenvalue weighted by Crippen LogP contribution is 2.29. The van der Waals surface area contributed by atoms with E-state index < -0.39 is 0 Å². The molecule has 0 aromatic carbocycles. The number of hydrogen-bond acceptors (Lipinski definition) is 3. The van der Waals surface area contributed by atoms with Crippen LogP contribution in [0, 0.1) is 11.8 Å². The highest BCUT2D eigenvalue weighted by atomic mass is 16.2. The van der Waals surface area contributed by atoms with Crippen molar-refractivity contribution >= 4 is 11.8 Å². The minimum Gasteiger partial charge on any atom is -0.353 e. The van der Waals surface area contributed by atoms with Crippen molar-refractivity contribution in [3.63, 3.8) is 0 Å². The molecule has 1 aromatic heterocycles. The van der Waals surface area contributed by atoms with Gasteiger partial charge in [-0.15, -0.1) is 0 Å². The predicted octanol–water partition coefficient (Wildman–Crippen LogP) is 3.34. The lowest BCUT2D eigenvalue weighted by Crippen LogP contribution is -2.41. The van der Waals surface area contributed by atoms with Gasteiger partial charge in [-0.3, -0.25) is 14.6 Å². The van der Waals surface area contributed by atoms with E-state index in [1.807, 2.05) is 12.1 Å². The quantitative estimate of drug-likeness (QED) is 0.794. The van der Waals surface area contributed by atoms with Crippen LogP contribution >= 0.6 is 0 Å². The lowest BCUT2D eigenvalue weighted by Gasteiger charge is -2.28. The second kappa shape index (κ2) is 9.70. The minimum atomic E-state index is 0.0405. The molecule has 0 saturated heterocycles. The van der Waals surface area contributed by atoms with Gasteiger partial charge in [0.15, 0.2) is 0 Å². The van der Waals surface area contributed by atoms with E-state index in [4.69, 9.17) is 0 Å². The molecule has 1 heterocycles. The van der Waals surface area contributed by atoms with Gasteiger partial charge in [0, 0.05) is 36.8 Å². The van der Waals surface area contributed by atoms with Crippen molar-refractivity contribution in [2.24, 2.45) is 11.8 Å². The minimum absolute atomic E-state index is 0.0405. The van der Waals surface area contributed by atoms with Crippen LogP contribution in [0.15, 0.2) is 24.5 Å². The predicted molar refractivity (Wildman–Crippen MR) is 101 cm³/mol. The maximum Gasteiger partial charge on any atom is 0.223 e. The van der Waals surface area contributed by atoms with E-state index in [0.29, 0.717) is 12.6 Å². The van der Waals surface area contributed by atoms with Gasteiger partial charge >= 0.3 is 0 Å². The summed E-state index contributed by atoms with van der Waals surface area (Å²) in [5.41, 5.74) is 1.06. The van der Waals surface area contributed by atoms with Crippen LogP contribution in [0.2, 0.25) is 0 Å². The molecule has 0 atom stereocenters. The molecule has 0 aliphatic heterocycles. The molecule has 3 rings (SSSR count). The maximum atomic E-state index is 12.5. The van der Waals surface area contributed by atoms with Crippen LogP contribution in [0.3, 0.4) is 0 Å². The molecule has 1 aromatic rings. The topological polar surface area (TPSA) is 71.1 Å². The van der Waals surface area contributed by atoms with Crippen LogP contribution in [-0.2, 0) is 16.1 Å². The van der Waals surface area contributed by atoms with E-state index >= 15 is 0 Å². The number of carbonyl (C=O) groups is 2. The van der Waals surface area contributed by atoms with Crippen LogP contribution < -0.4 is 10.6 Å². The zero-order chi connectivity index (χ0) is 18.2. The molecule has 142 valence electrons. The standard InChI is InChI=1S/C21H31N3O2/c25-20(23-15-16-11-13-22-14-12-16)17-7-9-18(10-8-17)21(26)24-19-5-3-1-2-4-6-19/h11-14,17-19H,1-10,15H2,(H,23,25)(H,24,26). The molecule has 0 bridgehead atoms. The third-order valence-electron chi connectivity index (χ3n) is 5.89. The molecular weight excluding hydrogens is 326 g/mol. The van der Waals surface area contributed by atoms with Gasteiger partial charge in [0.1, 0.15) is 0 Å². The number of nitrogens with one attached hydrogen (secondary N) is 2. The number of carbonyl (C=O) groups excluding carboxylic acids is 2. The smallest absolute Gasteiger partial charge is 0.223 e. The van der Waals surface area contributed by atoms with Gasteiger partial charge < -0.3 is 10.6 Å².